The first kappa shape index (κ1) is 21.1. The van der Waals surface area contributed by atoms with Crippen LogP contribution >= 0.6 is 11.6 Å². The average molecular weight is 402 g/mol. The second-order valence-corrected chi connectivity index (χ2v) is 6.27. The Morgan fingerprint density at radius 2 is 1.79 bits per heavy atom. The third kappa shape index (κ3) is 6.82. The highest BCUT2D eigenvalue weighted by Gasteiger charge is 2.08. The maximum absolute atomic E-state index is 11.8. The maximum atomic E-state index is 11.8. The standard InChI is InChI=1S/C20H20ClN3O4/c1-27-18-11-15(13-22)6-9-17(18)28-10-2-3-19(25)23-24-20(26)12-14-4-7-16(21)8-5-14/h4-9,11H,2-3,10,12H2,1H3,(H,23,25)(H,24,26). The molecule has 2 rings (SSSR count). The number of carbonyl (C=O) groups excluding carboxylic acids is 2. The highest BCUT2D eigenvalue weighted by Crippen LogP contribution is 2.27. The highest BCUT2D eigenvalue weighted by atomic mass is 35.5. The Bertz CT molecular complexity index is 863. The van der Waals surface area contributed by atoms with Gasteiger partial charge in [0.15, 0.2) is 11.5 Å². The van der Waals surface area contributed by atoms with Crippen molar-refractivity contribution in [2.45, 2.75) is 19.3 Å². The Balaban J connectivity index is 1.67. The first-order chi connectivity index (χ1) is 13.5. The third-order valence-corrected chi connectivity index (χ3v) is 3.97. The zero-order valence-electron chi connectivity index (χ0n) is 15.3. The summed E-state index contributed by atoms with van der Waals surface area (Å²) in [7, 11) is 1.49. The summed E-state index contributed by atoms with van der Waals surface area (Å²) in [6.07, 6.45) is 0.765. The van der Waals surface area contributed by atoms with Crippen molar-refractivity contribution in [2.75, 3.05) is 13.7 Å². The van der Waals surface area contributed by atoms with Gasteiger partial charge in [0.25, 0.3) is 0 Å². The molecule has 0 saturated heterocycles. The second kappa shape index (κ2) is 10.8. The van der Waals surface area contributed by atoms with E-state index >= 15 is 0 Å². The molecule has 0 radical (unpaired) electrons. The van der Waals surface area contributed by atoms with Crippen molar-refractivity contribution in [3.63, 3.8) is 0 Å². The lowest BCUT2D eigenvalue weighted by Gasteiger charge is -2.11. The molecule has 0 aliphatic heterocycles. The minimum Gasteiger partial charge on any atom is -0.493 e. The van der Waals surface area contributed by atoms with Gasteiger partial charge >= 0.3 is 0 Å². The van der Waals surface area contributed by atoms with Crippen LogP contribution in [-0.2, 0) is 16.0 Å². The van der Waals surface area contributed by atoms with Crippen LogP contribution in [0.2, 0.25) is 5.02 Å². The van der Waals surface area contributed by atoms with Crippen LogP contribution in [0, 0.1) is 11.3 Å². The molecule has 0 unspecified atom stereocenters. The van der Waals surface area contributed by atoms with E-state index in [9.17, 15) is 9.59 Å². The summed E-state index contributed by atoms with van der Waals surface area (Å²) in [4.78, 5) is 23.6. The number of amides is 2. The lowest BCUT2D eigenvalue weighted by Crippen LogP contribution is -2.42. The van der Waals surface area contributed by atoms with E-state index < -0.39 is 0 Å². The van der Waals surface area contributed by atoms with Crippen molar-refractivity contribution in [1.82, 2.24) is 10.9 Å². The summed E-state index contributed by atoms with van der Waals surface area (Å²) in [5, 5.41) is 9.48. The number of nitriles is 1. The van der Waals surface area contributed by atoms with E-state index in [4.69, 9.17) is 26.3 Å². The lowest BCUT2D eigenvalue weighted by molar-refractivity contribution is -0.128. The van der Waals surface area contributed by atoms with E-state index in [0.717, 1.165) is 5.56 Å². The predicted octanol–water partition coefficient (Wildman–Crippen LogP) is 2.77. The molecular weight excluding hydrogens is 382 g/mol. The molecule has 0 aliphatic carbocycles. The minimum absolute atomic E-state index is 0.138. The summed E-state index contributed by atoms with van der Waals surface area (Å²) < 4.78 is 10.8. The quantitative estimate of drug-likeness (QED) is 0.523. The van der Waals surface area contributed by atoms with Crippen molar-refractivity contribution in [3.05, 3.63) is 58.6 Å². The zero-order valence-corrected chi connectivity index (χ0v) is 16.1. The molecule has 0 atom stereocenters. The van der Waals surface area contributed by atoms with Crippen LogP contribution in [0.5, 0.6) is 11.5 Å². The van der Waals surface area contributed by atoms with Crippen molar-refractivity contribution in [2.24, 2.45) is 0 Å². The fourth-order valence-corrected chi connectivity index (χ4v) is 2.43. The molecule has 0 aromatic heterocycles. The number of nitrogens with zero attached hydrogens (tertiary/aromatic N) is 1. The summed E-state index contributed by atoms with van der Waals surface area (Å²) in [5.41, 5.74) is 6.00. The van der Waals surface area contributed by atoms with Gasteiger partial charge in [0.2, 0.25) is 11.8 Å². The Morgan fingerprint density at radius 3 is 2.46 bits per heavy atom. The minimum atomic E-state index is -0.325. The molecule has 0 heterocycles. The third-order valence-electron chi connectivity index (χ3n) is 3.72. The smallest absolute Gasteiger partial charge is 0.242 e. The van der Waals surface area contributed by atoms with E-state index in [2.05, 4.69) is 10.9 Å². The van der Waals surface area contributed by atoms with E-state index in [-0.39, 0.29) is 31.3 Å². The number of methoxy groups -OCH3 is 1. The van der Waals surface area contributed by atoms with Crippen LogP contribution in [0.4, 0.5) is 0 Å². The Kier molecular flexibility index (Phi) is 8.12. The molecule has 7 nitrogen and oxygen atoms in total. The fourth-order valence-electron chi connectivity index (χ4n) is 2.30. The summed E-state index contributed by atoms with van der Waals surface area (Å²) in [6, 6.07) is 13.8. The van der Waals surface area contributed by atoms with Gasteiger partial charge in [0, 0.05) is 17.5 Å². The van der Waals surface area contributed by atoms with Crippen LogP contribution in [0.1, 0.15) is 24.0 Å². The molecule has 146 valence electrons. The van der Waals surface area contributed by atoms with Gasteiger partial charge in [-0.2, -0.15) is 5.26 Å². The molecule has 0 bridgehead atoms. The van der Waals surface area contributed by atoms with Gasteiger partial charge in [-0.3, -0.25) is 20.4 Å². The number of nitrogens with one attached hydrogen (secondary N) is 2. The second-order valence-electron chi connectivity index (χ2n) is 5.83. The molecule has 2 aromatic carbocycles. The van der Waals surface area contributed by atoms with Crippen LogP contribution in [0.3, 0.4) is 0 Å². The van der Waals surface area contributed by atoms with Crippen molar-refractivity contribution in [1.29, 1.82) is 5.26 Å². The number of hydrogen-bond donors (Lipinski definition) is 2. The Morgan fingerprint density at radius 1 is 1.07 bits per heavy atom. The topological polar surface area (TPSA) is 100 Å². The summed E-state index contributed by atoms with van der Waals surface area (Å²) in [5.74, 6) is 0.310. The predicted molar refractivity (Wildman–Crippen MR) is 104 cm³/mol. The maximum Gasteiger partial charge on any atom is 0.242 e. The molecule has 0 spiro atoms. The van der Waals surface area contributed by atoms with Crippen molar-refractivity contribution in [3.8, 4) is 17.6 Å². The molecule has 0 saturated carbocycles. The Hall–Kier alpha value is -3.24. The monoisotopic (exact) mass is 401 g/mol. The first-order valence-electron chi connectivity index (χ1n) is 8.55. The van der Waals surface area contributed by atoms with Crippen molar-refractivity contribution >= 4 is 23.4 Å². The number of halogens is 1. The van der Waals surface area contributed by atoms with E-state index in [1.807, 2.05) is 6.07 Å². The molecule has 0 aliphatic rings. The summed E-state index contributed by atoms with van der Waals surface area (Å²) >= 11 is 5.79. The lowest BCUT2D eigenvalue weighted by atomic mass is 10.1. The van der Waals surface area contributed by atoms with E-state index in [0.29, 0.717) is 28.5 Å². The summed E-state index contributed by atoms with van der Waals surface area (Å²) in [6.45, 7) is 0.286. The molecule has 2 amide bonds. The van der Waals surface area contributed by atoms with E-state index in [1.54, 1.807) is 42.5 Å². The number of hydrogen-bond acceptors (Lipinski definition) is 5. The average Bonchev–Trinajstić information content (AvgIpc) is 2.71. The van der Waals surface area contributed by atoms with E-state index in [1.165, 1.54) is 7.11 Å². The molecular formula is C20H20ClN3O4. The number of rotatable bonds is 8. The molecule has 8 heteroatoms. The van der Waals surface area contributed by atoms with Crippen LogP contribution in [0.25, 0.3) is 0 Å². The SMILES string of the molecule is COc1cc(C#N)ccc1OCCCC(=O)NNC(=O)Cc1ccc(Cl)cc1. The number of benzene rings is 2. The highest BCUT2D eigenvalue weighted by molar-refractivity contribution is 6.30. The van der Waals surface area contributed by atoms with Gasteiger partial charge < -0.3 is 9.47 Å². The van der Waals surface area contributed by atoms with Gasteiger partial charge in [-0.25, -0.2) is 0 Å². The van der Waals surface area contributed by atoms with Crippen LogP contribution in [0.15, 0.2) is 42.5 Å². The van der Waals surface area contributed by atoms with Crippen molar-refractivity contribution < 1.29 is 19.1 Å². The molecule has 2 N–H and O–H groups in total. The molecule has 0 fully saturated rings. The largest absolute Gasteiger partial charge is 0.493 e. The van der Waals surface area contributed by atoms with Gasteiger partial charge in [0.1, 0.15) is 0 Å². The van der Waals surface area contributed by atoms with Crippen LogP contribution in [-0.4, -0.2) is 25.5 Å². The van der Waals surface area contributed by atoms with Gasteiger partial charge in [-0.05, 0) is 36.2 Å². The van der Waals surface area contributed by atoms with Crippen LogP contribution < -0.4 is 20.3 Å². The van der Waals surface area contributed by atoms with Gasteiger partial charge in [0.05, 0.1) is 31.8 Å². The van der Waals surface area contributed by atoms with Gasteiger partial charge in [-0.15, -0.1) is 0 Å². The normalized spacial score (nSPS) is 9.89. The number of ether oxygens (including phenoxy) is 2. The zero-order chi connectivity index (χ0) is 20.4. The molecule has 28 heavy (non-hydrogen) atoms. The number of hydrazine groups is 1. The first-order valence-corrected chi connectivity index (χ1v) is 8.92. The number of carbonyl (C=O) groups is 2. The molecule has 2 aromatic rings. The Labute approximate surface area is 168 Å². The fraction of sp³-hybridized carbons (Fsp3) is 0.250. The van der Waals surface area contributed by atoms with Gasteiger partial charge in [-0.1, -0.05) is 23.7 Å².